The van der Waals surface area contributed by atoms with Gasteiger partial charge < -0.3 is 15.3 Å². The highest BCUT2D eigenvalue weighted by Crippen LogP contribution is 2.23. The molecule has 0 spiro atoms. The molecule has 8 heteroatoms. The Balaban J connectivity index is 1.84. The number of hydrogen-bond donors (Lipinski definition) is 2. The molecule has 1 heterocycles. The Labute approximate surface area is 133 Å². The molecule has 1 amide bonds. The second-order valence-electron chi connectivity index (χ2n) is 5.55. The molecule has 1 aliphatic heterocycles. The lowest BCUT2D eigenvalue weighted by Gasteiger charge is -2.31. The molecule has 0 saturated carbocycles. The number of para-hydroxylation sites is 2. The van der Waals surface area contributed by atoms with E-state index in [1.165, 1.54) is 6.07 Å². The van der Waals surface area contributed by atoms with Gasteiger partial charge in [-0.3, -0.25) is 19.7 Å². The predicted molar refractivity (Wildman–Crippen MR) is 83.1 cm³/mol. The summed E-state index contributed by atoms with van der Waals surface area (Å²) in [5.74, 6) is -0.843. The third-order valence-corrected chi connectivity index (χ3v) is 3.96. The maximum Gasteiger partial charge on any atom is 0.303 e. The van der Waals surface area contributed by atoms with Gasteiger partial charge in [0.1, 0.15) is 5.69 Å². The molecular weight excluding hydrogens is 302 g/mol. The number of nitrogens with zero attached hydrogens (tertiary/aromatic N) is 2. The molecule has 0 radical (unpaired) electrons. The van der Waals surface area contributed by atoms with E-state index >= 15 is 0 Å². The molecule has 0 bridgehead atoms. The van der Waals surface area contributed by atoms with Gasteiger partial charge in [0.25, 0.3) is 5.69 Å². The van der Waals surface area contributed by atoms with Gasteiger partial charge in [0.15, 0.2) is 0 Å². The van der Waals surface area contributed by atoms with Gasteiger partial charge in [-0.2, -0.15) is 0 Å². The summed E-state index contributed by atoms with van der Waals surface area (Å²) < 4.78 is 0. The summed E-state index contributed by atoms with van der Waals surface area (Å²) in [7, 11) is 0. The van der Waals surface area contributed by atoms with E-state index in [1.807, 2.05) is 0 Å². The van der Waals surface area contributed by atoms with Crippen LogP contribution in [-0.2, 0) is 9.59 Å². The number of carbonyl (C=O) groups is 2. The Morgan fingerprint density at radius 1 is 1.30 bits per heavy atom. The number of nitro groups is 1. The fourth-order valence-electron chi connectivity index (χ4n) is 2.70. The van der Waals surface area contributed by atoms with Crippen LogP contribution in [0.4, 0.5) is 11.4 Å². The molecule has 0 atom stereocenters. The van der Waals surface area contributed by atoms with Crippen LogP contribution in [0.3, 0.4) is 0 Å². The minimum atomic E-state index is -0.812. The van der Waals surface area contributed by atoms with Gasteiger partial charge in [0.05, 0.1) is 11.5 Å². The van der Waals surface area contributed by atoms with E-state index < -0.39 is 10.9 Å². The third-order valence-electron chi connectivity index (χ3n) is 3.96. The second-order valence-corrected chi connectivity index (χ2v) is 5.55. The normalized spacial score (nSPS) is 15.2. The van der Waals surface area contributed by atoms with Gasteiger partial charge in [-0.25, -0.2) is 0 Å². The average molecular weight is 321 g/mol. The Hall–Kier alpha value is -2.64. The van der Waals surface area contributed by atoms with E-state index in [2.05, 4.69) is 5.32 Å². The lowest BCUT2D eigenvalue weighted by Crippen LogP contribution is -2.41. The third kappa shape index (κ3) is 4.67. The van der Waals surface area contributed by atoms with E-state index in [1.54, 1.807) is 23.1 Å². The highest BCUT2D eigenvalue weighted by molar-refractivity contribution is 5.82. The number of carboxylic acid groups (broad SMARTS) is 1. The molecule has 124 valence electrons. The molecule has 1 aromatic carbocycles. The highest BCUT2D eigenvalue weighted by Gasteiger charge is 2.24. The zero-order valence-corrected chi connectivity index (χ0v) is 12.6. The summed E-state index contributed by atoms with van der Waals surface area (Å²) in [6, 6.07) is 6.17. The summed E-state index contributed by atoms with van der Waals surface area (Å²) in [6.07, 6.45) is 1.48. The number of benzene rings is 1. The first-order chi connectivity index (χ1) is 11.0. The van der Waals surface area contributed by atoms with Crippen LogP contribution in [0.15, 0.2) is 24.3 Å². The van der Waals surface area contributed by atoms with Gasteiger partial charge in [0.2, 0.25) is 5.91 Å². The predicted octanol–water partition coefficient (Wildman–Crippen LogP) is 1.72. The number of aliphatic carboxylic acids is 1. The molecule has 0 unspecified atom stereocenters. The van der Waals surface area contributed by atoms with E-state index in [0.29, 0.717) is 31.6 Å². The molecule has 0 aromatic heterocycles. The summed E-state index contributed by atoms with van der Waals surface area (Å²) in [5.41, 5.74) is 0.243. The maximum absolute atomic E-state index is 12.2. The van der Waals surface area contributed by atoms with Crippen molar-refractivity contribution in [2.75, 3.05) is 25.0 Å². The molecule has 2 rings (SSSR count). The number of anilines is 1. The van der Waals surface area contributed by atoms with Gasteiger partial charge in [-0.05, 0) is 24.8 Å². The molecule has 1 aromatic rings. The van der Waals surface area contributed by atoms with Crippen molar-refractivity contribution in [3.8, 4) is 0 Å². The molecule has 8 nitrogen and oxygen atoms in total. The number of amides is 1. The quantitative estimate of drug-likeness (QED) is 0.609. The molecule has 23 heavy (non-hydrogen) atoms. The van der Waals surface area contributed by atoms with E-state index in [9.17, 15) is 19.7 Å². The largest absolute Gasteiger partial charge is 0.481 e. The second kappa shape index (κ2) is 7.57. The number of nitrogens with one attached hydrogen (secondary N) is 1. The number of hydrogen-bond acceptors (Lipinski definition) is 5. The van der Waals surface area contributed by atoms with E-state index in [4.69, 9.17) is 5.11 Å². The van der Waals surface area contributed by atoms with Crippen LogP contribution < -0.4 is 5.32 Å². The van der Waals surface area contributed by atoms with Gasteiger partial charge in [-0.1, -0.05) is 12.1 Å². The first-order valence-electron chi connectivity index (χ1n) is 7.44. The zero-order valence-electron chi connectivity index (χ0n) is 12.6. The SMILES string of the molecule is O=C(O)CC1CCN(C(=O)CNc2ccccc2[N+](=O)[O-])CC1. The number of carbonyl (C=O) groups excluding carboxylic acids is 1. The number of nitro benzene ring substituents is 1. The Morgan fingerprint density at radius 2 is 1.96 bits per heavy atom. The zero-order chi connectivity index (χ0) is 16.8. The summed E-state index contributed by atoms with van der Waals surface area (Å²) >= 11 is 0. The standard InChI is InChI=1S/C15H19N3O5/c19-14(17-7-5-11(6-8-17)9-15(20)21)10-16-12-3-1-2-4-13(12)18(22)23/h1-4,11,16H,5-10H2,(H,20,21). The lowest BCUT2D eigenvalue weighted by atomic mass is 9.93. The Morgan fingerprint density at radius 3 is 2.57 bits per heavy atom. The van der Waals surface area contributed by atoms with Gasteiger partial charge in [-0.15, -0.1) is 0 Å². The molecule has 2 N–H and O–H groups in total. The van der Waals surface area contributed by atoms with Crippen LogP contribution >= 0.6 is 0 Å². The number of carboxylic acids is 1. The van der Waals surface area contributed by atoms with Crippen molar-refractivity contribution in [1.29, 1.82) is 0 Å². The van der Waals surface area contributed by atoms with Gasteiger partial charge >= 0.3 is 5.97 Å². The summed E-state index contributed by atoms with van der Waals surface area (Å²) in [6.45, 7) is 1.03. The average Bonchev–Trinajstić information content (AvgIpc) is 2.53. The summed E-state index contributed by atoms with van der Waals surface area (Å²) in [5, 5.41) is 22.5. The van der Waals surface area contributed by atoms with Crippen LogP contribution in [0.5, 0.6) is 0 Å². The topological polar surface area (TPSA) is 113 Å². The summed E-state index contributed by atoms with van der Waals surface area (Å²) in [4.78, 5) is 34.9. The van der Waals surface area contributed by atoms with Crippen LogP contribution in [0.25, 0.3) is 0 Å². The Bertz CT molecular complexity index is 597. The van der Waals surface area contributed by atoms with E-state index in [0.717, 1.165) is 0 Å². The molecule has 1 saturated heterocycles. The minimum absolute atomic E-state index is 0.0194. The number of piperidine rings is 1. The minimum Gasteiger partial charge on any atom is -0.481 e. The van der Waals surface area contributed by atoms with Crippen LogP contribution in [-0.4, -0.2) is 46.4 Å². The van der Waals surface area contributed by atoms with Crippen molar-refractivity contribution in [1.82, 2.24) is 4.90 Å². The first kappa shape index (κ1) is 16.7. The van der Waals surface area contributed by atoms with E-state index in [-0.39, 0.29) is 30.5 Å². The van der Waals surface area contributed by atoms with Crippen LogP contribution in [0.1, 0.15) is 19.3 Å². The molecular formula is C15H19N3O5. The molecule has 1 fully saturated rings. The fraction of sp³-hybridized carbons (Fsp3) is 0.467. The van der Waals surface area contributed by atoms with Gasteiger partial charge in [0, 0.05) is 25.6 Å². The van der Waals surface area contributed by atoms with Crippen molar-refractivity contribution >= 4 is 23.3 Å². The molecule has 1 aliphatic rings. The van der Waals surface area contributed by atoms with Crippen molar-refractivity contribution in [3.63, 3.8) is 0 Å². The highest BCUT2D eigenvalue weighted by atomic mass is 16.6. The fourth-order valence-corrected chi connectivity index (χ4v) is 2.70. The van der Waals surface area contributed by atoms with Crippen LogP contribution in [0, 0.1) is 16.0 Å². The number of likely N-dealkylation sites (tertiary alicyclic amines) is 1. The lowest BCUT2D eigenvalue weighted by molar-refractivity contribution is -0.383. The monoisotopic (exact) mass is 321 g/mol. The van der Waals surface area contributed by atoms with Crippen molar-refractivity contribution < 1.29 is 19.6 Å². The van der Waals surface area contributed by atoms with Crippen LogP contribution in [0.2, 0.25) is 0 Å². The van der Waals surface area contributed by atoms with Crippen molar-refractivity contribution in [2.45, 2.75) is 19.3 Å². The smallest absolute Gasteiger partial charge is 0.303 e. The molecule has 0 aliphatic carbocycles. The Kier molecular flexibility index (Phi) is 5.51. The van der Waals surface area contributed by atoms with Crippen molar-refractivity contribution in [2.24, 2.45) is 5.92 Å². The first-order valence-corrected chi connectivity index (χ1v) is 7.44. The van der Waals surface area contributed by atoms with Crippen molar-refractivity contribution in [3.05, 3.63) is 34.4 Å². The number of rotatable bonds is 6. The maximum atomic E-state index is 12.2.